The maximum atomic E-state index is 17.6. The van der Waals surface area contributed by atoms with Gasteiger partial charge in [-0.2, -0.15) is 23.4 Å². The minimum atomic E-state index is -5.14. The fourth-order valence-corrected chi connectivity index (χ4v) is 10.2. The molecule has 2 amide bonds. The number of anilines is 3. The van der Waals surface area contributed by atoms with Crippen LogP contribution in [0.3, 0.4) is 0 Å². The molecule has 0 unspecified atom stereocenters. The first-order valence-corrected chi connectivity index (χ1v) is 21.0. The van der Waals surface area contributed by atoms with Crippen LogP contribution in [0.25, 0.3) is 32.1 Å². The lowest BCUT2D eigenvalue weighted by molar-refractivity contribution is -0.137. The maximum Gasteiger partial charge on any atom is 0.417 e. The molecule has 0 radical (unpaired) electrons. The lowest BCUT2D eigenvalue weighted by Crippen LogP contribution is -2.66. The summed E-state index contributed by atoms with van der Waals surface area (Å²) < 4.78 is 90.1. The molecule has 1 spiro atoms. The Kier molecular flexibility index (Phi) is 9.25. The molecule has 12 nitrogen and oxygen atoms in total. The van der Waals surface area contributed by atoms with Gasteiger partial charge in [-0.05, 0) is 90.3 Å². The largest absolute Gasteiger partial charge is 0.444 e. The highest BCUT2D eigenvalue weighted by atomic mass is 32.1. The van der Waals surface area contributed by atoms with Gasteiger partial charge in [0.1, 0.15) is 39.4 Å². The Labute approximate surface area is 347 Å². The number of alkyl halides is 3. The van der Waals surface area contributed by atoms with Crippen molar-refractivity contribution in [2.45, 2.75) is 103 Å². The van der Waals surface area contributed by atoms with Gasteiger partial charge in [-0.3, -0.25) is 15.1 Å². The number of likely N-dealkylation sites (tertiary alicyclic amines) is 1. The van der Waals surface area contributed by atoms with E-state index >= 15 is 22.0 Å². The molecule has 5 aliphatic rings. The molecule has 18 heteroatoms. The van der Waals surface area contributed by atoms with Gasteiger partial charge in [0.15, 0.2) is 5.82 Å². The van der Waals surface area contributed by atoms with Gasteiger partial charge >= 0.3 is 18.4 Å². The predicted molar refractivity (Wildman–Crippen MR) is 216 cm³/mol. The van der Waals surface area contributed by atoms with E-state index < -0.39 is 57.9 Å². The van der Waals surface area contributed by atoms with Crippen LogP contribution in [-0.2, 0) is 15.7 Å². The van der Waals surface area contributed by atoms with Gasteiger partial charge in [0, 0.05) is 61.6 Å². The van der Waals surface area contributed by atoms with Crippen LogP contribution in [0.5, 0.6) is 0 Å². The summed E-state index contributed by atoms with van der Waals surface area (Å²) in [7, 11) is 0. The topological polar surface area (TPSA) is 127 Å². The van der Waals surface area contributed by atoms with Crippen LogP contribution in [0.2, 0.25) is 0 Å². The highest BCUT2D eigenvalue weighted by Gasteiger charge is 2.55. The molecule has 1 N–H and O–H groups in total. The molecule has 1 saturated carbocycles. The molecule has 6 heterocycles. The van der Waals surface area contributed by atoms with Gasteiger partial charge < -0.3 is 19.3 Å². The number of amides is 2. The summed E-state index contributed by atoms with van der Waals surface area (Å²) >= 11 is 0.630. The Morgan fingerprint density at radius 1 is 0.917 bits per heavy atom. The number of nitrogens with zero attached hydrogens (tertiary/aromatic N) is 7. The minimum absolute atomic E-state index is 0.109. The van der Waals surface area contributed by atoms with Crippen LogP contribution in [0, 0.1) is 28.4 Å². The molecule has 2 aromatic carbocycles. The molecule has 2 aromatic heterocycles. The van der Waals surface area contributed by atoms with Crippen molar-refractivity contribution in [2.24, 2.45) is 5.41 Å². The molecule has 4 saturated heterocycles. The van der Waals surface area contributed by atoms with Gasteiger partial charge in [-0.25, -0.2) is 23.4 Å². The molecule has 2 atom stereocenters. The van der Waals surface area contributed by atoms with Crippen molar-refractivity contribution in [2.75, 3.05) is 54.4 Å². The molecule has 2 bridgehead atoms. The van der Waals surface area contributed by atoms with Crippen molar-refractivity contribution in [1.29, 1.82) is 5.26 Å². The fourth-order valence-electron chi connectivity index (χ4n) is 9.14. The third-order valence-corrected chi connectivity index (χ3v) is 13.2. The first kappa shape index (κ1) is 40.4. The van der Waals surface area contributed by atoms with E-state index in [2.05, 4.69) is 15.2 Å². The highest BCUT2D eigenvalue weighted by Crippen LogP contribution is 2.54. The van der Waals surface area contributed by atoms with Crippen LogP contribution < -0.4 is 15.1 Å². The standard InChI is InChI=1S/C42H45F5N8O4S/c1-39(2,3)58-37(56)51-35-26(14-48)29-24(9-10-28(43)33(29)60-35)30-27(42(45,46)47)13-25-32(31(30)44)49-36(53-17-23(18-53)54-19-41(20-54)11-12-41)50-34(25)52-15-21-7-8-22(16-52)55(21)38(57)59-40(4,5)6/h9-10,13,21-23H,7-8,11-12,15-20H2,1-6H3,(H,51,56)/t21-,22+. The average Bonchev–Trinajstić information content (AvgIpc) is 3.75. The molecule has 4 aromatic rings. The summed E-state index contributed by atoms with van der Waals surface area (Å²) in [6.45, 7) is 13.8. The third kappa shape index (κ3) is 7.10. The van der Waals surface area contributed by atoms with E-state index in [4.69, 9.17) is 14.5 Å². The predicted octanol–water partition coefficient (Wildman–Crippen LogP) is 8.90. The number of halogens is 5. The molecule has 60 heavy (non-hydrogen) atoms. The average molecular weight is 853 g/mol. The molecule has 4 aliphatic heterocycles. The lowest BCUT2D eigenvalue weighted by Gasteiger charge is -2.52. The monoisotopic (exact) mass is 852 g/mol. The zero-order valence-corrected chi connectivity index (χ0v) is 34.9. The highest BCUT2D eigenvalue weighted by molar-refractivity contribution is 7.23. The Hall–Kier alpha value is -5.02. The van der Waals surface area contributed by atoms with Gasteiger partial charge in [0.05, 0.1) is 27.9 Å². The first-order chi connectivity index (χ1) is 28.1. The number of nitrogens with one attached hydrogen (secondary N) is 1. The molecule has 318 valence electrons. The van der Waals surface area contributed by atoms with Crippen LogP contribution in [0.4, 0.5) is 48.3 Å². The van der Waals surface area contributed by atoms with Gasteiger partial charge in [0.25, 0.3) is 0 Å². The fraction of sp³-hybridized carbons (Fsp3) is 0.548. The second-order valence-electron chi connectivity index (χ2n) is 18.8. The zero-order valence-electron chi connectivity index (χ0n) is 34.1. The number of hydrogen-bond acceptors (Lipinski definition) is 11. The van der Waals surface area contributed by atoms with Crippen molar-refractivity contribution < 1.29 is 41.0 Å². The van der Waals surface area contributed by atoms with E-state index in [0.29, 0.717) is 42.7 Å². The Morgan fingerprint density at radius 3 is 2.13 bits per heavy atom. The van der Waals surface area contributed by atoms with Crippen molar-refractivity contribution in [3.63, 3.8) is 0 Å². The first-order valence-electron chi connectivity index (χ1n) is 20.1. The molecule has 9 rings (SSSR count). The van der Waals surface area contributed by atoms with E-state index in [1.807, 2.05) is 15.9 Å². The number of rotatable bonds is 5. The second kappa shape index (κ2) is 13.7. The lowest BCUT2D eigenvalue weighted by atomic mass is 9.92. The third-order valence-electron chi connectivity index (χ3n) is 12.1. The number of benzene rings is 2. The number of aromatic nitrogens is 2. The summed E-state index contributed by atoms with van der Waals surface area (Å²) in [5.74, 6) is -1.93. The van der Waals surface area contributed by atoms with Crippen molar-refractivity contribution >= 4 is 61.3 Å². The van der Waals surface area contributed by atoms with E-state index in [-0.39, 0.29) is 74.5 Å². The van der Waals surface area contributed by atoms with Crippen LogP contribution >= 0.6 is 11.3 Å². The number of hydrogen-bond donors (Lipinski definition) is 1. The van der Waals surface area contributed by atoms with E-state index in [0.717, 1.165) is 31.3 Å². The minimum Gasteiger partial charge on any atom is -0.444 e. The summed E-state index contributed by atoms with van der Waals surface area (Å²) in [6.07, 6.45) is -2.84. The van der Waals surface area contributed by atoms with Gasteiger partial charge in [-0.1, -0.05) is 6.07 Å². The number of thiophene rings is 1. The van der Waals surface area contributed by atoms with Gasteiger partial charge in [-0.15, -0.1) is 11.3 Å². The zero-order chi connectivity index (χ0) is 42.8. The van der Waals surface area contributed by atoms with Crippen molar-refractivity contribution in [3.05, 3.63) is 41.0 Å². The number of piperazine rings is 1. The Bertz CT molecular complexity index is 2480. The Balaban J connectivity index is 1.18. The second-order valence-corrected chi connectivity index (χ2v) is 19.9. The number of fused-ring (bicyclic) bond motifs is 4. The smallest absolute Gasteiger partial charge is 0.417 e. The summed E-state index contributed by atoms with van der Waals surface area (Å²) in [5, 5.41) is 12.1. The molecule has 5 fully saturated rings. The van der Waals surface area contributed by atoms with Crippen molar-refractivity contribution in [1.82, 2.24) is 19.8 Å². The normalized spacial score (nSPS) is 21.6. The van der Waals surface area contributed by atoms with E-state index in [9.17, 15) is 14.9 Å². The molecular formula is C42H45F5N8O4S. The summed E-state index contributed by atoms with van der Waals surface area (Å²) in [5.41, 5.74) is -4.64. The number of carbonyl (C=O) groups is 2. The maximum absolute atomic E-state index is 17.6. The van der Waals surface area contributed by atoms with Crippen LogP contribution in [0.15, 0.2) is 18.2 Å². The summed E-state index contributed by atoms with van der Waals surface area (Å²) in [4.78, 5) is 43.4. The molecule has 1 aliphatic carbocycles. The van der Waals surface area contributed by atoms with E-state index in [1.165, 1.54) is 12.8 Å². The number of nitriles is 1. The summed E-state index contributed by atoms with van der Waals surface area (Å²) in [6, 6.07) is 4.22. The number of carbonyl (C=O) groups excluding carboxylic acids is 2. The SMILES string of the molecule is CC(C)(C)OC(=O)Nc1sc2c(F)ccc(-c3c(C(F)(F)F)cc4c(N5C[C@H]6CC[C@@H](C5)N6C(=O)OC(C)(C)C)nc(N5CC(N6CC7(CC7)C6)C5)nc4c3F)c2c1C#N. The Morgan fingerprint density at radius 2 is 1.55 bits per heavy atom. The van der Waals surface area contributed by atoms with Crippen LogP contribution in [0.1, 0.15) is 78.4 Å². The number of ether oxygens (including phenoxy) is 2. The van der Waals surface area contributed by atoms with E-state index in [1.54, 1.807) is 46.4 Å². The van der Waals surface area contributed by atoms with Crippen LogP contribution in [-0.4, -0.2) is 101 Å². The quantitative estimate of drug-likeness (QED) is 0.195. The molecular weight excluding hydrogens is 808 g/mol. The van der Waals surface area contributed by atoms with Gasteiger partial charge in [0.2, 0.25) is 5.95 Å². The van der Waals surface area contributed by atoms with Crippen molar-refractivity contribution in [3.8, 4) is 17.2 Å².